The first-order valence-corrected chi connectivity index (χ1v) is 7.80. The Hall–Kier alpha value is -1.83. The molecule has 0 spiro atoms. The minimum atomic E-state index is -0.188. The van der Waals surface area contributed by atoms with Crippen molar-refractivity contribution < 1.29 is 4.39 Å². The number of unbranched alkanes of at least 4 members (excludes halogenated alkanes) is 2. The molecule has 0 aliphatic rings. The molecule has 0 aromatic heterocycles. The first kappa shape index (κ1) is 15.6. The Labute approximate surface area is 127 Å². The first-order chi connectivity index (χ1) is 10.2. The highest BCUT2D eigenvalue weighted by atomic mass is 19.1. The van der Waals surface area contributed by atoms with E-state index in [1.807, 2.05) is 13.0 Å². The lowest BCUT2D eigenvalue weighted by Crippen LogP contribution is -2.06. The summed E-state index contributed by atoms with van der Waals surface area (Å²) in [5, 5.41) is 3.41. The van der Waals surface area contributed by atoms with Crippen LogP contribution in [-0.4, -0.2) is 0 Å². The summed E-state index contributed by atoms with van der Waals surface area (Å²) in [4.78, 5) is 0. The second-order valence-electron chi connectivity index (χ2n) is 5.58. The van der Waals surface area contributed by atoms with Crippen molar-refractivity contribution in [2.24, 2.45) is 0 Å². The molecule has 0 bridgehead atoms. The number of halogens is 1. The number of hydrogen-bond acceptors (Lipinski definition) is 1. The van der Waals surface area contributed by atoms with Gasteiger partial charge in [0.2, 0.25) is 0 Å². The topological polar surface area (TPSA) is 12.0 Å². The molecule has 1 N–H and O–H groups in total. The standard InChI is InChI=1S/C19H24FN/c1-3-4-5-7-16-10-12-19(13-11-16)21-15(2)17-8-6-9-18(20)14-17/h6,8-15,21H,3-5,7H2,1-2H3. The molecule has 21 heavy (non-hydrogen) atoms. The van der Waals surface area contributed by atoms with Gasteiger partial charge in [0.1, 0.15) is 5.82 Å². The predicted molar refractivity (Wildman–Crippen MR) is 88.1 cm³/mol. The van der Waals surface area contributed by atoms with Crippen molar-refractivity contribution in [2.75, 3.05) is 5.32 Å². The fourth-order valence-electron chi connectivity index (χ4n) is 2.46. The second kappa shape index (κ2) is 7.82. The van der Waals surface area contributed by atoms with Gasteiger partial charge in [-0.2, -0.15) is 0 Å². The van der Waals surface area contributed by atoms with Gasteiger partial charge in [-0.05, 0) is 55.2 Å². The van der Waals surface area contributed by atoms with E-state index in [0.29, 0.717) is 0 Å². The summed E-state index contributed by atoms with van der Waals surface area (Å²) in [5.74, 6) is -0.188. The van der Waals surface area contributed by atoms with E-state index in [-0.39, 0.29) is 11.9 Å². The maximum atomic E-state index is 13.2. The number of rotatable bonds is 7. The van der Waals surface area contributed by atoms with Crippen LogP contribution in [0.4, 0.5) is 10.1 Å². The summed E-state index contributed by atoms with van der Waals surface area (Å²) in [7, 11) is 0. The van der Waals surface area contributed by atoms with Crippen LogP contribution in [0.25, 0.3) is 0 Å². The van der Waals surface area contributed by atoms with Crippen molar-refractivity contribution in [3.05, 3.63) is 65.5 Å². The molecule has 112 valence electrons. The molecule has 0 saturated heterocycles. The summed E-state index contributed by atoms with van der Waals surface area (Å²) in [5.41, 5.74) is 3.42. The van der Waals surface area contributed by atoms with Gasteiger partial charge < -0.3 is 5.32 Å². The van der Waals surface area contributed by atoms with Crippen molar-refractivity contribution in [1.82, 2.24) is 0 Å². The van der Waals surface area contributed by atoms with E-state index in [0.717, 1.165) is 17.7 Å². The lowest BCUT2D eigenvalue weighted by atomic mass is 10.1. The number of hydrogen-bond donors (Lipinski definition) is 1. The summed E-state index contributed by atoms with van der Waals surface area (Å²) in [6, 6.07) is 15.4. The monoisotopic (exact) mass is 285 g/mol. The predicted octanol–water partition coefficient (Wildman–Crippen LogP) is 5.73. The Morgan fingerprint density at radius 1 is 1.05 bits per heavy atom. The minimum absolute atomic E-state index is 0.0895. The van der Waals surface area contributed by atoms with Crippen LogP contribution in [0.5, 0.6) is 0 Å². The van der Waals surface area contributed by atoms with E-state index in [2.05, 4.69) is 36.5 Å². The number of benzene rings is 2. The molecule has 1 nitrogen and oxygen atoms in total. The van der Waals surface area contributed by atoms with E-state index >= 15 is 0 Å². The van der Waals surface area contributed by atoms with Crippen LogP contribution in [0.3, 0.4) is 0 Å². The molecule has 0 radical (unpaired) electrons. The maximum absolute atomic E-state index is 13.2. The second-order valence-corrected chi connectivity index (χ2v) is 5.58. The zero-order valence-corrected chi connectivity index (χ0v) is 12.9. The molecule has 2 aromatic carbocycles. The molecule has 0 saturated carbocycles. The van der Waals surface area contributed by atoms with E-state index in [4.69, 9.17) is 0 Å². The molecule has 0 heterocycles. The summed E-state index contributed by atoms with van der Waals surface area (Å²) in [6.07, 6.45) is 4.94. The summed E-state index contributed by atoms with van der Waals surface area (Å²) in [6.45, 7) is 4.27. The molecular formula is C19H24FN. The van der Waals surface area contributed by atoms with Crippen molar-refractivity contribution >= 4 is 5.69 Å². The van der Waals surface area contributed by atoms with E-state index in [1.165, 1.54) is 30.9 Å². The van der Waals surface area contributed by atoms with Gasteiger partial charge in [0.05, 0.1) is 0 Å². The van der Waals surface area contributed by atoms with Crippen molar-refractivity contribution in [3.63, 3.8) is 0 Å². The van der Waals surface area contributed by atoms with Crippen LogP contribution >= 0.6 is 0 Å². The van der Waals surface area contributed by atoms with Crippen molar-refractivity contribution in [3.8, 4) is 0 Å². The Bertz CT molecular complexity index is 548. The Morgan fingerprint density at radius 3 is 2.48 bits per heavy atom. The fourth-order valence-corrected chi connectivity index (χ4v) is 2.46. The van der Waals surface area contributed by atoms with Gasteiger partial charge in [-0.25, -0.2) is 4.39 Å². The smallest absolute Gasteiger partial charge is 0.123 e. The van der Waals surface area contributed by atoms with Crippen molar-refractivity contribution in [1.29, 1.82) is 0 Å². The normalized spacial score (nSPS) is 12.1. The highest BCUT2D eigenvalue weighted by Crippen LogP contribution is 2.20. The highest BCUT2D eigenvalue weighted by Gasteiger charge is 2.06. The zero-order valence-electron chi connectivity index (χ0n) is 12.9. The van der Waals surface area contributed by atoms with Crippen LogP contribution in [0.2, 0.25) is 0 Å². The van der Waals surface area contributed by atoms with Gasteiger partial charge >= 0.3 is 0 Å². The molecule has 2 heteroatoms. The Balaban J connectivity index is 1.93. The fraction of sp³-hybridized carbons (Fsp3) is 0.368. The molecule has 0 fully saturated rings. The van der Waals surface area contributed by atoms with Crippen LogP contribution in [-0.2, 0) is 6.42 Å². The third-order valence-corrected chi connectivity index (χ3v) is 3.75. The van der Waals surface area contributed by atoms with Gasteiger partial charge in [-0.3, -0.25) is 0 Å². The third kappa shape index (κ3) is 4.89. The first-order valence-electron chi connectivity index (χ1n) is 7.80. The van der Waals surface area contributed by atoms with E-state index < -0.39 is 0 Å². The summed E-state index contributed by atoms with van der Waals surface area (Å²) >= 11 is 0. The molecular weight excluding hydrogens is 261 g/mol. The number of anilines is 1. The van der Waals surface area contributed by atoms with Gasteiger partial charge in [0, 0.05) is 11.7 Å². The average Bonchev–Trinajstić information content (AvgIpc) is 2.49. The van der Waals surface area contributed by atoms with Crippen LogP contribution in [0.1, 0.15) is 50.3 Å². The van der Waals surface area contributed by atoms with Crippen LogP contribution in [0.15, 0.2) is 48.5 Å². The van der Waals surface area contributed by atoms with Gasteiger partial charge in [0.25, 0.3) is 0 Å². The summed E-state index contributed by atoms with van der Waals surface area (Å²) < 4.78 is 13.2. The lowest BCUT2D eigenvalue weighted by Gasteiger charge is -2.16. The average molecular weight is 285 g/mol. The van der Waals surface area contributed by atoms with Crippen LogP contribution < -0.4 is 5.32 Å². The molecule has 0 aliphatic carbocycles. The number of aryl methyl sites for hydroxylation is 1. The Morgan fingerprint density at radius 2 is 1.81 bits per heavy atom. The van der Waals surface area contributed by atoms with Crippen LogP contribution in [0, 0.1) is 5.82 Å². The van der Waals surface area contributed by atoms with Gasteiger partial charge in [0.15, 0.2) is 0 Å². The largest absolute Gasteiger partial charge is 0.379 e. The minimum Gasteiger partial charge on any atom is -0.379 e. The lowest BCUT2D eigenvalue weighted by molar-refractivity contribution is 0.623. The van der Waals surface area contributed by atoms with E-state index in [1.54, 1.807) is 12.1 Å². The molecule has 2 aromatic rings. The molecule has 1 atom stereocenters. The van der Waals surface area contributed by atoms with E-state index in [9.17, 15) is 4.39 Å². The maximum Gasteiger partial charge on any atom is 0.123 e. The molecule has 0 amide bonds. The number of nitrogens with one attached hydrogen (secondary N) is 1. The van der Waals surface area contributed by atoms with Gasteiger partial charge in [-0.15, -0.1) is 0 Å². The third-order valence-electron chi connectivity index (χ3n) is 3.75. The molecule has 2 rings (SSSR count). The van der Waals surface area contributed by atoms with Gasteiger partial charge in [-0.1, -0.05) is 44.0 Å². The Kier molecular flexibility index (Phi) is 5.79. The SMILES string of the molecule is CCCCCc1ccc(NC(C)c2cccc(F)c2)cc1. The molecule has 1 unspecified atom stereocenters. The van der Waals surface area contributed by atoms with Crippen molar-refractivity contribution in [2.45, 2.75) is 45.6 Å². The highest BCUT2D eigenvalue weighted by molar-refractivity contribution is 5.46. The zero-order chi connectivity index (χ0) is 15.1. The molecule has 0 aliphatic heterocycles. The quantitative estimate of drug-likeness (QED) is 0.640.